The van der Waals surface area contributed by atoms with Crippen LogP contribution in [0.15, 0.2) is 42.2 Å². The smallest absolute Gasteiger partial charge is 0.460 e. The van der Waals surface area contributed by atoms with Crippen LogP contribution in [0.25, 0.3) is 17.1 Å². The lowest BCUT2D eigenvalue weighted by Gasteiger charge is -2.40. The van der Waals surface area contributed by atoms with Gasteiger partial charge in [-0.05, 0) is 31.1 Å². The molecule has 38 heteroatoms. The number of carboxylic acids is 2. The van der Waals surface area contributed by atoms with Gasteiger partial charge in [-0.1, -0.05) is 52.5 Å². The van der Waals surface area contributed by atoms with Crippen molar-refractivity contribution in [3.8, 4) is 0 Å². The molecule has 0 amide bonds. The molecule has 446 valence electrons. The van der Waals surface area contributed by atoms with Crippen molar-refractivity contribution in [1.29, 1.82) is 0 Å². The van der Waals surface area contributed by atoms with Crippen molar-refractivity contribution >= 4 is 86.8 Å². The molecule has 2 N–H and O–H groups in total. The zero-order valence-electron chi connectivity index (χ0n) is 38.0. The summed E-state index contributed by atoms with van der Waals surface area (Å²) in [7, 11) is 0. The molecule has 0 saturated carbocycles. The van der Waals surface area contributed by atoms with E-state index in [2.05, 4.69) is 0 Å². The lowest BCUT2D eigenvalue weighted by atomic mass is 9.92. The Morgan fingerprint density at radius 1 is 0.481 bits per heavy atom. The number of halogens is 30. The van der Waals surface area contributed by atoms with E-state index in [1.807, 2.05) is 0 Å². The van der Waals surface area contributed by atoms with Crippen LogP contribution in [0.1, 0.15) is 44.3 Å². The largest absolute Gasteiger partial charge is 0.481 e. The average molecular weight is 1280 g/mol. The van der Waals surface area contributed by atoms with E-state index in [1.54, 1.807) is 0 Å². The van der Waals surface area contributed by atoms with Crippen LogP contribution in [-0.4, -0.2) is 111 Å². The molecule has 0 fully saturated rings. The SMILES string of the molecule is O=C(O)CCCN1/C(=C/C=C/c2n(CCC(F)(F)C(F)(F)C(F)(F)C(F)(F)C(F)(F)C(F)(F)F)c3cc(Cl)c(Cl)cc3[n+]2CCCC(=O)O)N(CCC(F)(F)C(F)(F)C(F)(F)C(F)(F)C(F)(F)C(F)(F)F)c2cc(Cl)c(Cl)cc21. The van der Waals surface area contributed by atoms with Gasteiger partial charge < -0.3 is 20.0 Å². The first-order chi connectivity index (χ1) is 35.4. The third kappa shape index (κ3) is 11.6. The van der Waals surface area contributed by atoms with Gasteiger partial charge in [-0.15, -0.1) is 0 Å². The molecule has 0 unspecified atom stereocenters. The second-order valence-corrected chi connectivity index (χ2v) is 18.5. The fraction of sp³-hybridized carbons (Fsp3) is 0.537. The highest BCUT2D eigenvalue weighted by Gasteiger charge is 2.92. The van der Waals surface area contributed by atoms with Gasteiger partial charge in [-0.3, -0.25) is 9.59 Å². The molecule has 79 heavy (non-hydrogen) atoms. The first-order valence-electron chi connectivity index (χ1n) is 21.0. The van der Waals surface area contributed by atoms with E-state index in [0.717, 1.165) is 21.6 Å². The van der Waals surface area contributed by atoms with Crippen molar-refractivity contribution < 1.29 is 139 Å². The Labute approximate surface area is 443 Å². The molecule has 1 aliphatic rings. The number of allylic oxidation sites excluding steroid dienone is 2. The van der Waals surface area contributed by atoms with Gasteiger partial charge in [0.05, 0.1) is 51.0 Å². The molecule has 0 atom stereocenters. The Hall–Kier alpha value is -4.73. The predicted octanol–water partition coefficient (Wildman–Crippen LogP) is 15.7. The summed E-state index contributed by atoms with van der Waals surface area (Å²) in [4.78, 5) is 24.0. The average Bonchev–Trinajstić information content (AvgIpc) is 3.71. The van der Waals surface area contributed by atoms with E-state index in [4.69, 9.17) is 46.4 Å². The van der Waals surface area contributed by atoms with Gasteiger partial charge in [-0.2, -0.15) is 114 Å². The maximum Gasteiger partial charge on any atom is 0.460 e. The van der Waals surface area contributed by atoms with Gasteiger partial charge in [0.2, 0.25) is 0 Å². The number of imidazole rings is 1. The molecule has 2 aromatic carbocycles. The van der Waals surface area contributed by atoms with E-state index in [-0.39, 0.29) is 0 Å². The number of carboxylic acid groups (broad SMARTS) is 2. The number of hydrogen-bond donors (Lipinski definition) is 2. The third-order valence-corrected chi connectivity index (χ3v) is 13.1. The highest BCUT2D eigenvalue weighted by atomic mass is 35.5. The molecule has 2 heterocycles. The van der Waals surface area contributed by atoms with Gasteiger partial charge in [0, 0.05) is 50.6 Å². The maximum atomic E-state index is 15.3. The normalized spacial score (nSPS) is 15.8. The summed E-state index contributed by atoms with van der Waals surface area (Å²) in [6, 6.07) is 3.05. The van der Waals surface area contributed by atoms with Crippen LogP contribution in [0.2, 0.25) is 20.1 Å². The van der Waals surface area contributed by atoms with Gasteiger partial charge in [0.1, 0.15) is 5.82 Å². The van der Waals surface area contributed by atoms with Crippen molar-refractivity contribution in [1.82, 2.24) is 4.57 Å². The molecule has 3 aromatic rings. The predicted molar refractivity (Wildman–Crippen MR) is 225 cm³/mol. The number of aliphatic carboxylic acids is 2. The minimum Gasteiger partial charge on any atom is -0.481 e. The van der Waals surface area contributed by atoms with E-state index in [1.165, 1.54) is 0 Å². The zero-order valence-corrected chi connectivity index (χ0v) is 41.0. The number of aryl methyl sites for hydroxylation is 2. The highest BCUT2D eigenvalue weighted by molar-refractivity contribution is 6.43. The molecule has 0 saturated heterocycles. The molecular formula is C41H29Cl4F26N4O4+. The second-order valence-electron chi connectivity index (χ2n) is 16.9. The standard InChI is InChI=1S/C41H28Cl4F26N4O4/c42-18-14-22-24(16-20(18)44)74(12-8-30(46,47)32(50,51)34(54,55)36(58,59)38(62,63)40(66,67)68)26(72(22)10-2-6-28(76)77)4-1-5-27-73(11-3-7-29(78)79)23-15-19(43)21(45)17-25(23)75(27)13-9-31(48,49)33(52,53)35(56,57)37(60,61)39(64,65)41(69,70)71/h1,4-5,14-17H,2-3,6-13H2,(H-,76,77,78,79)/p+1. The molecule has 8 nitrogen and oxygen atoms in total. The summed E-state index contributed by atoms with van der Waals surface area (Å²) in [6.45, 7) is -5.28. The monoisotopic (exact) mass is 1280 g/mol. The topological polar surface area (TPSA) is 89.9 Å². The van der Waals surface area contributed by atoms with E-state index >= 15 is 17.6 Å². The minimum atomic E-state index is -8.30. The summed E-state index contributed by atoms with van der Waals surface area (Å²) in [5.41, 5.74) is -2.16. The summed E-state index contributed by atoms with van der Waals surface area (Å²) in [6.07, 6.45) is -22.3. The van der Waals surface area contributed by atoms with Crippen LogP contribution in [-0.2, 0) is 22.7 Å². The lowest BCUT2D eigenvalue weighted by molar-refractivity contribution is -0.674. The zero-order chi connectivity index (χ0) is 61.3. The maximum absolute atomic E-state index is 15.3. The number of anilines is 2. The Morgan fingerprint density at radius 2 is 0.848 bits per heavy atom. The number of benzene rings is 2. The first-order valence-corrected chi connectivity index (χ1v) is 22.6. The van der Waals surface area contributed by atoms with Gasteiger partial charge in [0.15, 0.2) is 11.0 Å². The van der Waals surface area contributed by atoms with Crippen molar-refractivity contribution in [2.24, 2.45) is 0 Å². The van der Waals surface area contributed by atoms with Crippen molar-refractivity contribution in [3.05, 3.63) is 68.2 Å². The quantitative estimate of drug-likeness (QED) is 0.0686. The summed E-state index contributed by atoms with van der Waals surface area (Å²) in [5.74, 6) is -83.1. The summed E-state index contributed by atoms with van der Waals surface area (Å²) < 4.78 is 368. The van der Waals surface area contributed by atoms with Crippen LogP contribution < -0.4 is 14.4 Å². The number of alkyl halides is 26. The molecule has 0 aliphatic carbocycles. The van der Waals surface area contributed by atoms with Crippen LogP contribution in [0.4, 0.5) is 126 Å². The second kappa shape index (κ2) is 21.9. The van der Waals surface area contributed by atoms with Gasteiger partial charge in [0.25, 0.3) is 5.82 Å². The molecule has 4 rings (SSSR count). The van der Waals surface area contributed by atoms with Crippen LogP contribution in [0.3, 0.4) is 0 Å². The Kier molecular flexibility index (Phi) is 18.5. The van der Waals surface area contributed by atoms with Gasteiger partial charge >= 0.3 is 83.5 Å². The van der Waals surface area contributed by atoms with Crippen LogP contribution >= 0.6 is 46.4 Å². The minimum absolute atomic E-state index is 0.324. The Bertz CT molecular complexity index is 2850. The van der Waals surface area contributed by atoms with Crippen LogP contribution in [0.5, 0.6) is 0 Å². The molecule has 0 radical (unpaired) electrons. The third-order valence-electron chi connectivity index (χ3n) is 11.6. The summed E-state index contributed by atoms with van der Waals surface area (Å²) in [5, 5.41) is 16.4. The molecule has 0 bridgehead atoms. The number of aromatic nitrogens is 2. The van der Waals surface area contributed by atoms with E-state index in [9.17, 15) is 116 Å². The van der Waals surface area contributed by atoms with Gasteiger partial charge in [-0.25, -0.2) is 9.13 Å². The summed E-state index contributed by atoms with van der Waals surface area (Å²) >= 11 is 24.3. The first kappa shape index (κ1) is 66.8. The Morgan fingerprint density at radius 3 is 1.27 bits per heavy atom. The van der Waals surface area contributed by atoms with Crippen LogP contribution in [0, 0.1) is 0 Å². The lowest BCUT2D eigenvalue weighted by Crippen LogP contribution is -2.70. The molecule has 0 spiro atoms. The molecular weight excluding hydrogens is 1250 g/mol. The number of nitrogens with zero attached hydrogens (tertiary/aromatic N) is 4. The van der Waals surface area contributed by atoms with Crippen molar-refractivity contribution in [3.63, 3.8) is 0 Å². The fourth-order valence-corrected chi connectivity index (χ4v) is 8.05. The number of rotatable bonds is 24. The fourth-order valence-electron chi connectivity index (χ4n) is 7.42. The van der Waals surface area contributed by atoms with E-state index < -0.39 is 202 Å². The number of fused-ring (bicyclic) bond motifs is 2. The molecule has 1 aliphatic heterocycles. The number of hydrogen-bond acceptors (Lipinski definition) is 4. The number of carbonyl (C=O) groups is 2. The van der Waals surface area contributed by atoms with E-state index in [0.29, 0.717) is 39.8 Å². The van der Waals surface area contributed by atoms with Crippen molar-refractivity contribution in [2.75, 3.05) is 22.9 Å². The molecule has 1 aromatic heterocycles. The van der Waals surface area contributed by atoms with Crippen molar-refractivity contribution in [2.45, 2.75) is 123 Å². The Balaban J connectivity index is 1.99. The highest BCUT2D eigenvalue weighted by Crippen LogP contribution is 2.63.